The summed E-state index contributed by atoms with van der Waals surface area (Å²) in [7, 11) is 0. The largest absolute Gasteiger partial charge is 0.314 e. The van der Waals surface area contributed by atoms with Crippen LogP contribution in [-0.2, 0) is 6.42 Å². The van der Waals surface area contributed by atoms with Crippen LogP contribution in [0.4, 0.5) is 8.78 Å². The minimum absolute atomic E-state index is 0.200. The zero-order valence-electron chi connectivity index (χ0n) is 11.5. The number of nitrogens with one attached hydrogen (secondary N) is 1. The van der Waals surface area contributed by atoms with E-state index in [2.05, 4.69) is 19.2 Å². The van der Waals surface area contributed by atoms with Gasteiger partial charge in [-0.25, -0.2) is 8.78 Å². The van der Waals surface area contributed by atoms with Gasteiger partial charge in [-0.2, -0.15) is 0 Å². The molecule has 0 fully saturated rings. The third-order valence-electron chi connectivity index (χ3n) is 3.37. The average molecular weight is 255 g/mol. The molecule has 0 bridgehead atoms. The molecule has 3 heteroatoms. The molecule has 1 aromatic carbocycles. The molecule has 1 rings (SSSR count). The van der Waals surface area contributed by atoms with Gasteiger partial charge in [0.1, 0.15) is 0 Å². The van der Waals surface area contributed by atoms with Crippen molar-refractivity contribution in [1.82, 2.24) is 5.32 Å². The van der Waals surface area contributed by atoms with Crippen molar-refractivity contribution in [3.8, 4) is 0 Å². The number of likely N-dealkylation sites (N-methyl/N-ethyl adjacent to an activating group) is 1. The van der Waals surface area contributed by atoms with Crippen molar-refractivity contribution in [2.24, 2.45) is 5.92 Å². The Morgan fingerprint density at radius 2 is 1.94 bits per heavy atom. The van der Waals surface area contributed by atoms with E-state index in [9.17, 15) is 8.78 Å². The normalized spacial score (nSPS) is 14.5. The van der Waals surface area contributed by atoms with E-state index in [0.29, 0.717) is 17.9 Å². The van der Waals surface area contributed by atoms with Crippen molar-refractivity contribution < 1.29 is 8.78 Å². The molecule has 0 aliphatic carbocycles. The van der Waals surface area contributed by atoms with Crippen LogP contribution in [0.1, 0.15) is 39.2 Å². The third kappa shape index (κ3) is 4.05. The summed E-state index contributed by atoms with van der Waals surface area (Å²) in [5, 5.41) is 3.37. The predicted molar refractivity (Wildman–Crippen MR) is 71.6 cm³/mol. The minimum Gasteiger partial charge on any atom is -0.314 e. The molecule has 102 valence electrons. The van der Waals surface area contributed by atoms with E-state index in [4.69, 9.17) is 0 Å². The van der Waals surface area contributed by atoms with Gasteiger partial charge in [-0.15, -0.1) is 0 Å². The van der Waals surface area contributed by atoms with Crippen molar-refractivity contribution in [3.05, 3.63) is 35.4 Å². The number of hydrogen-bond donors (Lipinski definition) is 1. The molecule has 0 amide bonds. The van der Waals surface area contributed by atoms with Gasteiger partial charge in [0.2, 0.25) is 0 Å². The van der Waals surface area contributed by atoms with E-state index in [0.717, 1.165) is 25.5 Å². The topological polar surface area (TPSA) is 12.0 Å². The zero-order chi connectivity index (χ0) is 13.5. The summed E-state index contributed by atoms with van der Waals surface area (Å²) in [6, 6.07) is 4.60. The van der Waals surface area contributed by atoms with Crippen LogP contribution in [0.25, 0.3) is 0 Å². The van der Waals surface area contributed by atoms with Crippen LogP contribution >= 0.6 is 0 Å². The first-order valence-electron chi connectivity index (χ1n) is 6.76. The van der Waals surface area contributed by atoms with Crippen molar-refractivity contribution in [3.63, 3.8) is 0 Å². The molecule has 0 aromatic heterocycles. The molecule has 0 heterocycles. The first kappa shape index (κ1) is 15.1. The standard InChI is InChI=1S/C15H23F2N/c1-4-7-11(3)14(18-5-2)10-12-8-6-9-13(16)15(12)17/h6,8-9,11,14,18H,4-5,7,10H2,1-3H3. The number of benzene rings is 1. The van der Waals surface area contributed by atoms with E-state index in [1.807, 2.05) is 6.92 Å². The van der Waals surface area contributed by atoms with E-state index in [1.54, 1.807) is 12.1 Å². The van der Waals surface area contributed by atoms with Crippen molar-refractivity contribution in [1.29, 1.82) is 0 Å². The SMILES string of the molecule is CCCC(C)C(Cc1cccc(F)c1F)NCC. The summed E-state index contributed by atoms with van der Waals surface area (Å²) in [6.45, 7) is 7.18. The Morgan fingerprint density at radius 1 is 1.22 bits per heavy atom. The van der Waals surface area contributed by atoms with Crippen LogP contribution in [0.2, 0.25) is 0 Å². The highest BCUT2D eigenvalue weighted by Gasteiger charge is 2.18. The van der Waals surface area contributed by atoms with Gasteiger partial charge in [0.15, 0.2) is 11.6 Å². The molecular formula is C15H23F2N. The van der Waals surface area contributed by atoms with Crippen LogP contribution in [-0.4, -0.2) is 12.6 Å². The lowest BCUT2D eigenvalue weighted by molar-refractivity contribution is 0.352. The molecule has 0 aliphatic rings. The number of rotatable bonds is 7. The summed E-state index contributed by atoms with van der Waals surface area (Å²) >= 11 is 0. The monoisotopic (exact) mass is 255 g/mol. The van der Waals surface area contributed by atoms with E-state index in [-0.39, 0.29) is 6.04 Å². The summed E-state index contributed by atoms with van der Waals surface area (Å²) < 4.78 is 26.8. The van der Waals surface area contributed by atoms with Gasteiger partial charge >= 0.3 is 0 Å². The maximum absolute atomic E-state index is 13.6. The maximum Gasteiger partial charge on any atom is 0.162 e. The lowest BCUT2D eigenvalue weighted by Gasteiger charge is -2.25. The van der Waals surface area contributed by atoms with Crippen LogP contribution < -0.4 is 5.32 Å². The van der Waals surface area contributed by atoms with Gasteiger partial charge in [-0.3, -0.25) is 0 Å². The highest BCUT2D eigenvalue weighted by atomic mass is 19.2. The highest BCUT2D eigenvalue weighted by molar-refractivity contribution is 5.20. The first-order valence-corrected chi connectivity index (χ1v) is 6.76. The molecule has 2 atom stereocenters. The summed E-state index contributed by atoms with van der Waals surface area (Å²) in [4.78, 5) is 0. The van der Waals surface area contributed by atoms with Gasteiger partial charge in [0, 0.05) is 6.04 Å². The smallest absolute Gasteiger partial charge is 0.162 e. The molecular weight excluding hydrogens is 232 g/mol. The van der Waals surface area contributed by atoms with Gasteiger partial charge in [-0.05, 0) is 36.9 Å². The Morgan fingerprint density at radius 3 is 2.56 bits per heavy atom. The lowest BCUT2D eigenvalue weighted by atomic mass is 9.91. The quantitative estimate of drug-likeness (QED) is 0.778. The lowest BCUT2D eigenvalue weighted by Crippen LogP contribution is -2.37. The molecule has 0 saturated heterocycles. The summed E-state index contributed by atoms with van der Waals surface area (Å²) in [6.07, 6.45) is 2.74. The second-order valence-corrected chi connectivity index (χ2v) is 4.85. The van der Waals surface area contributed by atoms with Crippen molar-refractivity contribution in [2.75, 3.05) is 6.54 Å². The molecule has 0 spiro atoms. The summed E-state index contributed by atoms with van der Waals surface area (Å²) in [5.41, 5.74) is 0.462. The Bertz CT molecular complexity index is 366. The Balaban J connectivity index is 2.79. The second-order valence-electron chi connectivity index (χ2n) is 4.85. The minimum atomic E-state index is -0.758. The van der Waals surface area contributed by atoms with E-state index >= 15 is 0 Å². The first-order chi connectivity index (χ1) is 8.60. The van der Waals surface area contributed by atoms with E-state index < -0.39 is 11.6 Å². The fourth-order valence-corrected chi connectivity index (χ4v) is 2.34. The predicted octanol–water partition coefficient (Wildman–Crippen LogP) is 3.92. The molecule has 2 unspecified atom stereocenters. The number of hydrogen-bond acceptors (Lipinski definition) is 1. The van der Waals surface area contributed by atoms with Crippen LogP contribution in [0.3, 0.4) is 0 Å². The van der Waals surface area contributed by atoms with Gasteiger partial charge < -0.3 is 5.32 Å². The van der Waals surface area contributed by atoms with Crippen LogP contribution in [0.15, 0.2) is 18.2 Å². The number of halogens is 2. The molecule has 1 N–H and O–H groups in total. The van der Waals surface area contributed by atoms with Crippen LogP contribution in [0.5, 0.6) is 0 Å². The van der Waals surface area contributed by atoms with Crippen LogP contribution in [0, 0.1) is 17.6 Å². The van der Waals surface area contributed by atoms with Gasteiger partial charge in [0.25, 0.3) is 0 Å². The molecule has 0 radical (unpaired) electrons. The van der Waals surface area contributed by atoms with Crippen molar-refractivity contribution >= 4 is 0 Å². The fourth-order valence-electron chi connectivity index (χ4n) is 2.34. The average Bonchev–Trinajstić information content (AvgIpc) is 2.34. The maximum atomic E-state index is 13.6. The fraction of sp³-hybridized carbons (Fsp3) is 0.600. The molecule has 0 saturated carbocycles. The molecule has 1 nitrogen and oxygen atoms in total. The second kappa shape index (κ2) is 7.47. The highest BCUT2D eigenvalue weighted by Crippen LogP contribution is 2.18. The Hall–Kier alpha value is -0.960. The Labute approximate surface area is 109 Å². The molecule has 1 aromatic rings. The summed E-state index contributed by atoms with van der Waals surface area (Å²) in [5.74, 6) is -1.01. The van der Waals surface area contributed by atoms with E-state index in [1.165, 1.54) is 0 Å². The van der Waals surface area contributed by atoms with Crippen molar-refractivity contribution in [2.45, 2.75) is 46.1 Å². The molecule has 18 heavy (non-hydrogen) atoms. The van der Waals surface area contributed by atoms with Gasteiger partial charge in [-0.1, -0.05) is 39.3 Å². The molecule has 0 aliphatic heterocycles. The third-order valence-corrected chi connectivity index (χ3v) is 3.37. The zero-order valence-corrected chi connectivity index (χ0v) is 11.5. The Kier molecular flexibility index (Phi) is 6.27. The van der Waals surface area contributed by atoms with Gasteiger partial charge in [0.05, 0.1) is 0 Å².